The summed E-state index contributed by atoms with van der Waals surface area (Å²) in [6.45, 7) is 0. The maximum atomic E-state index is 11.3. The van der Waals surface area contributed by atoms with Crippen LogP contribution in [0.15, 0.2) is 34.8 Å². The fourth-order valence-electron chi connectivity index (χ4n) is 0.936. The van der Waals surface area contributed by atoms with Crippen LogP contribution in [0.25, 0.3) is 6.08 Å². The molecule has 0 atom stereocenters. The molecule has 0 radical (unpaired) electrons. The van der Waals surface area contributed by atoms with Crippen molar-refractivity contribution in [1.82, 2.24) is 5.06 Å². The van der Waals surface area contributed by atoms with Gasteiger partial charge in [0.25, 0.3) is 5.91 Å². The van der Waals surface area contributed by atoms with Crippen LogP contribution in [-0.2, 0) is 9.63 Å². The maximum Gasteiger partial charge on any atom is 0.269 e. The SMILES string of the molecule is CON(C)C(=O)/C=C/c1ccc(Br)cc1. The van der Waals surface area contributed by atoms with Crippen LogP contribution in [0.4, 0.5) is 0 Å². The molecule has 80 valence electrons. The minimum atomic E-state index is -0.194. The Kier molecular flexibility index (Phi) is 4.52. The second-order valence-electron chi connectivity index (χ2n) is 2.90. The minimum absolute atomic E-state index is 0.194. The Hall–Kier alpha value is -1.13. The lowest BCUT2D eigenvalue weighted by molar-refractivity contribution is -0.162. The van der Waals surface area contributed by atoms with E-state index < -0.39 is 0 Å². The van der Waals surface area contributed by atoms with E-state index in [4.69, 9.17) is 4.84 Å². The molecule has 0 saturated carbocycles. The first kappa shape index (κ1) is 11.9. The van der Waals surface area contributed by atoms with Gasteiger partial charge in [-0.2, -0.15) is 0 Å². The Morgan fingerprint density at radius 1 is 1.40 bits per heavy atom. The van der Waals surface area contributed by atoms with Crippen molar-refractivity contribution in [2.45, 2.75) is 0 Å². The molecular formula is C11H12BrNO2. The van der Waals surface area contributed by atoms with Gasteiger partial charge >= 0.3 is 0 Å². The molecule has 1 amide bonds. The van der Waals surface area contributed by atoms with Gasteiger partial charge < -0.3 is 0 Å². The quantitative estimate of drug-likeness (QED) is 0.623. The topological polar surface area (TPSA) is 29.5 Å². The molecule has 0 heterocycles. The molecule has 0 N–H and O–H groups in total. The average molecular weight is 270 g/mol. The standard InChI is InChI=1S/C11H12BrNO2/c1-13(15-2)11(14)8-5-9-3-6-10(12)7-4-9/h3-8H,1-2H3/b8-5+. The van der Waals surface area contributed by atoms with Crippen molar-refractivity contribution in [1.29, 1.82) is 0 Å². The van der Waals surface area contributed by atoms with Gasteiger partial charge in [0.05, 0.1) is 7.11 Å². The zero-order valence-corrected chi connectivity index (χ0v) is 10.2. The van der Waals surface area contributed by atoms with Gasteiger partial charge in [0.15, 0.2) is 0 Å². The molecule has 0 aliphatic heterocycles. The summed E-state index contributed by atoms with van der Waals surface area (Å²) in [5.41, 5.74) is 0.969. The van der Waals surface area contributed by atoms with Gasteiger partial charge in [0.1, 0.15) is 0 Å². The van der Waals surface area contributed by atoms with E-state index >= 15 is 0 Å². The van der Waals surface area contributed by atoms with Gasteiger partial charge in [0.2, 0.25) is 0 Å². The number of hydroxylamine groups is 2. The molecule has 0 aromatic heterocycles. The molecule has 0 aliphatic carbocycles. The third kappa shape index (κ3) is 3.85. The number of nitrogens with zero attached hydrogens (tertiary/aromatic N) is 1. The fourth-order valence-corrected chi connectivity index (χ4v) is 1.20. The summed E-state index contributed by atoms with van der Waals surface area (Å²) < 4.78 is 1.01. The van der Waals surface area contributed by atoms with Gasteiger partial charge in [-0.3, -0.25) is 9.63 Å². The van der Waals surface area contributed by atoms with Crippen molar-refractivity contribution in [3.05, 3.63) is 40.4 Å². The normalized spacial score (nSPS) is 10.6. The highest BCUT2D eigenvalue weighted by molar-refractivity contribution is 9.10. The number of halogens is 1. The van der Waals surface area contributed by atoms with Gasteiger partial charge in [-0.05, 0) is 23.8 Å². The predicted octanol–water partition coefficient (Wildman–Crippen LogP) is 2.48. The molecule has 0 spiro atoms. The van der Waals surface area contributed by atoms with E-state index in [1.54, 1.807) is 13.1 Å². The van der Waals surface area contributed by atoms with Crippen molar-refractivity contribution in [3.63, 3.8) is 0 Å². The van der Waals surface area contributed by atoms with E-state index in [0.717, 1.165) is 15.1 Å². The van der Waals surface area contributed by atoms with Crippen LogP contribution < -0.4 is 0 Å². The summed E-state index contributed by atoms with van der Waals surface area (Å²) in [6, 6.07) is 7.68. The number of amides is 1. The van der Waals surface area contributed by atoms with E-state index in [9.17, 15) is 4.79 Å². The monoisotopic (exact) mass is 269 g/mol. The lowest BCUT2D eigenvalue weighted by atomic mass is 10.2. The third-order valence-electron chi connectivity index (χ3n) is 1.87. The number of likely N-dealkylation sites (N-methyl/N-ethyl adjacent to an activating group) is 1. The Morgan fingerprint density at radius 2 is 2.00 bits per heavy atom. The van der Waals surface area contributed by atoms with Crippen molar-refractivity contribution >= 4 is 27.9 Å². The molecule has 1 rings (SSSR count). The molecule has 1 aromatic rings. The van der Waals surface area contributed by atoms with Gasteiger partial charge in [-0.1, -0.05) is 28.1 Å². The first-order valence-electron chi connectivity index (χ1n) is 4.39. The second kappa shape index (κ2) is 5.68. The highest BCUT2D eigenvalue weighted by atomic mass is 79.9. The van der Waals surface area contributed by atoms with Gasteiger partial charge in [0, 0.05) is 17.6 Å². The zero-order chi connectivity index (χ0) is 11.3. The zero-order valence-electron chi connectivity index (χ0n) is 8.61. The van der Waals surface area contributed by atoms with Crippen LogP contribution in [0.3, 0.4) is 0 Å². The molecule has 1 aromatic carbocycles. The highest BCUT2D eigenvalue weighted by Crippen LogP contribution is 2.11. The Bertz CT molecular complexity index is 359. The largest absolute Gasteiger partial charge is 0.274 e. The van der Waals surface area contributed by atoms with Crippen LogP contribution >= 0.6 is 15.9 Å². The molecule has 15 heavy (non-hydrogen) atoms. The lowest BCUT2D eigenvalue weighted by Gasteiger charge is -2.09. The molecule has 0 saturated heterocycles. The van der Waals surface area contributed by atoms with Crippen molar-refractivity contribution in [3.8, 4) is 0 Å². The van der Waals surface area contributed by atoms with Crippen LogP contribution in [-0.4, -0.2) is 25.1 Å². The molecule has 0 unspecified atom stereocenters. The maximum absolute atomic E-state index is 11.3. The van der Waals surface area contributed by atoms with Crippen LogP contribution in [0, 0.1) is 0 Å². The Morgan fingerprint density at radius 3 is 2.53 bits per heavy atom. The summed E-state index contributed by atoms with van der Waals surface area (Å²) in [4.78, 5) is 16.1. The molecular weight excluding hydrogens is 258 g/mol. The van der Waals surface area contributed by atoms with E-state index in [-0.39, 0.29) is 5.91 Å². The van der Waals surface area contributed by atoms with Crippen molar-refractivity contribution in [2.24, 2.45) is 0 Å². The van der Waals surface area contributed by atoms with Crippen molar-refractivity contribution in [2.75, 3.05) is 14.2 Å². The summed E-state index contributed by atoms with van der Waals surface area (Å²) >= 11 is 3.34. The van der Waals surface area contributed by atoms with Crippen LogP contribution in [0.5, 0.6) is 0 Å². The predicted molar refractivity (Wildman–Crippen MR) is 63.0 cm³/mol. The van der Waals surface area contributed by atoms with Crippen LogP contribution in [0.2, 0.25) is 0 Å². The molecule has 3 nitrogen and oxygen atoms in total. The van der Waals surface area contributed by atoms with Gasteiger partial charge in [-0.15, -0.1) is 0 Å². The van der Waals surface area contributed by atoms with E-state index in [1.165, 1.54) is 13.2 Å². The van der Waals surface area contributed by atoms with E-state index in [0.29, 0.717) is 0 Å². The Balaban J connectivity index is 2.65. The third-order valence-corrected chi connectivity index (χ3v) is 2.40. The number of hydrogen-bond donors (Lipinski definition) is 0. The average Bonchev–Trinajstić information content (AvgIpc) is 2.26. The summed E-state index contributed by atoms with van der Waals surface area (Å²) in [5.74, 6) is -0.194. The molecule has 0 fully saturated rings. The molecule has 0 aliphatic rings. The summed E-state index contributed by atoms with van der Waals surface area (Å²) in [7, 11) is 3.01. The lowest BCUT2D eigenvalue weighted by Crippen LogP contribution is -2.22. The van der Waals surface area contributed by atoms with Crippen molar-refractivity contribution < 1.29 is 9.63 Å². The Labute approximate surface area is 97.4 Å². The number of benzene rings is 1. The van der Waals surface area contributed by atoms with Crippen LogP contribution in [0.1, 0.15) is 5.56 Å². The van der Waals surface area contributed by atoms with E-state index in [2.05, 4.69) is 15.9 Å². The minimum Gasteiger partial charge on any atom is -0.274 e. The summed E-state index contributed by atoms with van der Waals surface area (Å²) in [5, 5.41) is 1.16. The highest BCUT2D eigenvalue weighted by Gasteiger charge is 2.01. The summed E-state index contributed by atoms with van der Waals surface area (Å²) in [6.07, 6.45) is 3.21. The second-order valence-corrected chi connectivity index (χ2v) is 3.82. The first-order chi connectivity index (χ1) is 7.13. The number of hydrogen-bond acceptors (Lipinski definition) is 2. The number of carbonyl (C=O) groups is 1. The first-order valence-corrected chi connectivity index (χ1v) is 5.18. The van der Waals surface area contributed by atoms with E-state index in [1.807, 2.05) is 24.3 Å². The van der Waals surface area contributed by atoms with Gasteiger partial charge in [-0.25, -0.2) is 5.06 Å². The molecule has 0 bridgehead atoms. The molecule has 4 heteroatoms. The smallest absolute Gasteiger partial charge is 0.269 e. The number of rotatable bonds is 3. The fraction of sp³-hybridized carbons (Fsp3) is 0.182. The number of carbonyl (C=O) groups excluding carboxylic acids is 1.